The monoisotopic (exact) mass is 548 g/mol. The van der Waals surface area contributed by atoms with Crippen LogP contribution in [0.1, 0.15) is 35.9 Å². The first-order valence-electron chi connectivity index (χ1n) is 9.14. The van der Waals surface area contributed by atoms with Crippen LogP contribution >= 0.6 is 39.9 Å². The summed E-state index contributed by atoms with van der Waals surface area (Å²) < 4.78 is 6.34. The molecule has 0 aliphatic carbocycles. The number of rotatable bonds is 8. The topological polar surface area (TPSA) is 62.5 Å². The Hall–Kier alpha value is -1.09. The minimum absolute atomic E-state index is 0. The zero-order valence-corrected chi connectivity index (χ0v) is 20.4. The van der Waals surface area contributed by atoms with Gasteiger partial charge in [0, 0.05) is 30.2 Å². The van der Waals surface area contributed by atoms with Gasteiger partial charge in [0.2, 0.25) is 0 Å². The van der Waals surface area contributed by atoms with Crippen molar-refractivity contribution in [3.05, 3.63) is 51.3 Å². The number of guanidine groups is 1. The van der Waals surface area contributed by atoms with E-state index in [1.54, 1.807) is 7.05 Å². The van der Waals surface area contributed by atoms with Crippen molar-refractivity contribution in [2.24, 2.45) is 10.9 Å². The van der Waals surface area contributed by atoms with E-state index in [0.717, 1.165) is 54.2 Å². The quantitative estimate of drug-likeness (QED) is 0.286. The van der Waals surface area contributed by atoms with E-state index in [1.807, 2.05) is 13.8 Å². The molecule has 0 bridgehead atoms. The fourth-order valence-corrected chi connectivity index (χ4v) is 3.43. The molecule has 1 aromatic heterocycles. The molecule has 150 valence electrons. The fraction of sp³-hybridized carbons (Fsp3) is 0.500. The van der Waals surface area contributed by atoms with Crippen LogP contribution in [0.3, 0.4) is 0 Å². The van der Waals surface area contributed by atoms with Crippen molar-refractivity contribution in [1.82, 2.24) is 15.8 Å². The predicted octanol–water partition coefficient (Wildman–Crippen LogP) is 4.65. The third kappa shape index (κ3) is 7.81. The largest absolute Gasteiger partial charge is 0.361 e. The third-order valence-electron chi connectivity index (χ3n) is 4.62. The molecule has 7 heteroatoms. The lowest BCUT2D eigenvalue weighted by Gasteiger charge is -2.18. The summed E-state index contributed by atoms with van der Waals surface area (Å²) in [6.45, 7) is 7.86. The normalized spacial score (nSPS) is 12.4. The second kappa shape index (κ2) is 12.4. The molecule has 27 heavy (non-hydrogen) atoms. The summed E-state index contributed by atoms with van der Waals surface area (Å²) in [6, 6.07) is 8.53. The number of aryl methyl sites for hydroxylation is 2. The van der Waals surface area contributed by atoms with Crippen LogP contribution in [0, 0.1) is 19.8 Å². The number of halogens is 2. The van der Waals surface area contributed by atoms with E-state index in [4.69, 9.17) is 4.52 Å². The van der Waals surface area contributed by atoms with Crippen molar-refractivity contribution in [3.8, 4) is 0 Å². The zero-order valence-electron chi connectivity index (χ0n) is 16.5. The molecule has 0 radical (unpaired) electrons. The van der Waals surface area contributed by atoms with Gasteiger partial charge in [-0.2, -0.15) is 0 Å². The molecule has 1 aromatic carbocycles. The van der Waals surface area contributed by atoms with Gasteiger partial charge in [0.05, 0.1) is 5.69 Å². The maximum atomic E-state index is 5.21. The summed E-state index contributed by atoms with van der Waals surface area (Å²) >= 11 is 3.55. The molecule has 1 unspecified atom stereocenters. The molecule has 0 aliphatic rings. The molecule has 0 aliphatic heterocycles. The number of hydrogen-bond acceptors (Lipinski definition) is 3. The van der Waals surface area contributed by atoms with Gasteiger partial charge in [-0.1, -0.05) is 46.6 Å². The molecule has 2 aromatic rings. The molecule has 0 saturated heterocycles. The maximum Gasteiger partial charge on any atom is 0.190 e. The molecule has 0 spiro atoms. The Kier molecular flexibility index (Phi) is 11.0. The Morgan fingerprint density at radius 2 is 2.07 bits per heavy atom. The molecule has 1 heterocycles. The second-order valence-corrected chi connectivity index (χ2v) is 7.46. The third-order valence-corrected chi connectivity index (χ3v) is 5.11. The van der Waals surface area contributed by atoms with Crippen LogP contribution in [0.15, 0.2) is 38.3 Å². The summed E-state index contributed by atoms with van der Waals surface area (Å²) in [5, 5.41) is 10.8. The van der Waals surface area contributed by atoms with E-state index in [2.05, 4.69) is 67.9 Å². The first kappa shape index (κ1) is 23.9. The molecular weight excluding hydrogens is 519 g/mol. The molecule has 0 saturated carbocycles. The van der Waals surface area contributed by atoms with Crippen LogP contribution in [-0.2, 0) is 12.8 Å². The van der Waals surface area contributed by atoms with Crippen molar-refractivity contribution in [2.45, 2.75) is 40.0 Å². The van der Waals surface area contributed by atoms with E-state index in [0.29, 0.717) is 5.92 Å². The highest BCUT2D eigenvalue weighted by molar-refractivity contribution is 14.0. The van der Waals surface area contributed by atoms with E-state index in [-0.39, 0.29) is 24.0 Å². The predicted molar refractivity (Wildman–Crippen MR) is 126 cm³/mol. The number of nitrogens with one attached hydrogen (secondary N) is 2. The molecule has 5 nitrogen and oxygen atoms in total. The maximum absolute atomic E-state index is 5.21. The minimum Gasteiger partial charge on any atom is -0.361 e. The van der Waals surface area contributed by atoms with E-state index in [1.165, 1.54) is 11.1 Å². The molecule has 0 fully saturated rings. The van der Waals surface area contributed by atoms with Gasteiger partial charge < -0.3 is 15.2 Å². The number of aromatic nitrogens is 1. The molecule has 0 amide bonds. The van der Waals surface area contributed by atoms with Gasteiger partial charge in [0.15, 0.2) is 5.96 Å². The SMILES string of the molecule is CCC(CNC(=NC)NCCc1c(C)noc1C)Cc1cccc(Br)c1.I. The lowest BCUT2D eigenvalue weighted by molar-refractivity contribution is 0.392. The number of benzene rings is 1. The molecular formula is C20H30BrIN4O. The Morgan fingerprint density at radius 1 is 1.30 bits per heavy atom. The first-order valence-corrected chi connectivity index (χ1v) is 9.93. The lowest BCUT2D eigenvalue weighted by Crippen LogP contribution is -2.40. The van der Waals surface area contributed by atoms with Gasteiger partial charge in [-0.15, -0.1) is 24.0 Å². The van der Waals surface area contributed by atoms with Crippen LogP contribution < -0.4 is 10.6 Å². The van der Waals surface area contributed by atoms with Gasteiger partial charge in [-0.25, -0.2) is 0 Å². The van der Waals surface area contributed by atoms with Gasteiger partial charge in [-0.3, -0.25) is 4.99 Å². The number of aliphatic imine (C=N–C) groups is 1. The summed E-state index contributed by atoms with van der Waals surface area (Å²) in [6.07, 6.45) is 3.05. The van der Waals surface area contributed by atoms with Crippen molar-refractivity contribution in [1.29, 1.82) is 0 Å². The van der Waals surface area contributed by atoms with Crippen molar-refractivity contribution in [3.63, 3.8) is 0 Å². The minimum atomic E-state index is 0. The van der Waals surface area contributed by atoms with Gasteiger partial charge in [0.1, 0.15) is 5.76 Å². The van der Waals surface area contributed by atoms with Crippen LogP contribution in [0.2, 0.25) is 0 Å². The summed E-state index contributed by atoms with van der Waals surface area (Å²) in [5.41, 5.74) is 3.50. The fourth-order valence-electron chi connectivity index (χ4n) is 2.98. The molecule has 1 atom stereocenters. The first-order chi connectivity index (χ1) is 12.5. The van der Waals surface area contributed by atoms with Crippen LogP contribution in [0.25, 0.3) is 0 Å². The zero-order chi connectivity index (χ0) is 18.9. The second-order valence-electron chi connectivity index (χ2n) is 6.54. The summed E-state index contributed by atoms with van der Waals surface area (Å²) in [7, 11) is 1.81. The highest BCUT2D eigenvalue weighted by Crippen LogP contribution is 2.16. The average Bonchev–Trinajstić information content (AvgIpc) is 2.95. The standard InChI is InChI=1S/C20H29BrN4O.HI/c1-5-16(11-17-7-6-8-18(21)12-17)13-24-20(22-4)23-10-9-19-14(2)25-26-15(19)3;/h6-8,12,16H,5,9-11,13H2,1-4H3,(H2,22,23,24);1H. The lowest BCUT2D eigenvalue weighted by atomic mass is 9.97. The highest BCUT2D eigenvalue weighted by Gasteiger charge is 2.11. The highest BCUT2D eigenvalue weighted by atomic mass is 127. The Balaban J connectivity index is 0.00000364. The van der Waals surface area contributed by atoms with Gasteiger partial charge >= 0.3 is 0 Å². The summed E-state index contributed by atoms with van der Waals surface area (Å²) in [5.74, 6) is 2.29. The molecule has 2 rings (SSSR count). The van der Waals surface area contributed by atoms with Crippen molar-refractivity contribution in [2.75, 3.05) is 20.1 Å². The van der Waals surface area contributed by atoms with Crippen LogP contribution in [-0.4, -0.2) is 31.3 Å². The Morgan fingerprint density at radius 3 is 2.67 bits per heavy atom. The van der Waals surface area contributed by atoms with Crippen LogP contribution in [0.4, 0.5) is 0 Å². The Labute approximate surface area is 187 Å². The van der Waals surface area contributed by atoms with E-state index >= 15 is 0 Å². The van der Waals surface area contributed by atoms with Crippen LogP contribution in [0.5, 0.6) is 0 Å². The van der Waals surface area contributed by atoms with Gasteiger partial charge in [0.25, 0.3) is 0 Å². The Bertz CT molecular complexity index is 713. The molecule has 2 N–H and O–H groups in total. The average molecular weight is 549 g/mol. The summed E-state index contributed by atoms with van der Waals surface area (Å²) in [4.78, 5) is 4.33. The van der Waals surface area contributed by atoms with Crippen molar-refractivity contribution < 1.29 is 4.52 Å². The smallest absolute Gasteiger partial charge is 0.190 e. The van der Waals surface area contributed by atoms with E-state index in [9.17, 15) is 0 Å². The van der Waals surface area contributed by atoms with E-state index < -0.39 is 0 Å². The van der Waals surface area contributed by atoms with Gasteiger partial charge in [-0.05, 0) is 50.3 Å². The number of hydrogen-bond donors (Lipinski definition) is 2. The number of nitrogens with zero attached hydrogens (tertiary/aromatic N) is 2. The van der Waals surface area contributed by atoms with Crippen molar-refractivity contribution >= 4 is 45.9 Å².